The van der Waals surface area contributed by atoms with Crippen LogP contribution in [0.3, 0.4) is 0 Å². The van der Waals surface area contributed by atoms with Gasteiger partial charge in [-0.25, -0.2) is 4.39 Å². The van der Waals surface area contributed by atoms with Crippen LogP contribution in [0, 0.1) is 11.7 Å². The van der Waals surface area contributed by atoms with Gasteiger partial charge in [-0.1, -0.05) is 48.0 Å². The zero-order chi connectivity index (χ0) is 24.9. The van der Waals surface area contributed by atoms with Gasteiger partial charge in [-0.05, 0) is 29.7 Å². The molecule has 0 radical (unpaired) electrons. The summed E-state index contributed by atoms with van der Waals surface area (Å²) < 4.78 is 14.2. The molecule has 0 aromatic heterocycles. The van der Waals surface area contributed by atoms with Crippen molar-refractivity contribution in [3.63, 3.8) is 0 Å². The van der Waals surface area contributed by atoms with Gasteiger partial charge in [0.25, 0.3) is 5.91 Å². The Morgan fingerprint density at radius 1 is 1.11 bits per heavy atom. The first-order valence-electron chi connectivity index (χ1n) is 11.6. The van der Waals surface area contributed by atoms with Gasteiger partial charge in [-0.3, -0.25) is 19.3 Å². The van der Waals surface area contributed by atoms with Crippen LogP contribution >= 0.6 is 11.6 Å². The molecule has 1 fully saturated rings. The molecule has 0 bridgehead atoms. The minimum atomic E-state index is -0.618. The molecule has 2 atom stereocenters. The SMILES string of the molecule is CC(=O)NCC(=O)NC(CCN1CC2=CN(C(=O)c3c(F)cccc3Cl)CC2C1)c1ccccc1. The van der Waals surface area contributed by atoms with Gasteiger partial charge in [-0.2, -0.15) is 0 Å². The molecule has 2 aromatic rings. The molecule has 2 aliphatic rings. The van der Waals surface area contributed by atoms with Gasteiger partial charge in [-0.15, -0.1) is 0 Å². The minimum absolute atomic E-state index is 0.0623. The summed E-state index contributed by atoms with van der Waals surface area (Å²) in [5, 5.41) is 5.65. The highest BCUT2D eigenvalue weighted by molar-refractivity contribution is 6.33. The molecule has 0 spiro atoms. The Morgan fingerprint density at radius 2 is 1.89 bits per heavy atom. The van der Waals surface area contributed by atoms with E-state index in [9.17, 15) is 18.8 Å². The third kappa shape index (κ3) is 6.07. The lowest BCUT2D eigenvalue weighted by Crippen LogP contribution is -2.39. The molecule has 0 saturated carbocycles. The topological polar surface area (TPSA) is 81.8 Å². The standard InChI is InChI=1S/C26H28ClFN4O3/c1-17(33)29-12-24(34)30-23(18-6-3-2-4-7-18)10-11-31-13-19-15-32(16-20(19)14-31)26(35)25-21(27)8-5-9-22(25)28/h2-9,15,20,23H,10-14,16H2,1H3,(H,29,33)(H,30,34). The Bertz CT molecular complexity index is 1120. The van der Waals surface area contributed by atoms with Crippen molar-refractivity contribution >= 4 is 29.3 Å². The number of hydrogen-bond acceptors (Lipinski definition) is 4. The summed E-state index contributed by atoms with van der Waals surface area (Å²) in [5.74, 6) is -1.34. The molecule has 2 aliphatic heterocycles. The summed E-state index contributed by atoms with van der Waals surface area (Å²) >= 11 is 6.07. The van der Waals surface area contributed by atoms with E-state index >= 15 is 0 Å². The van der Waals surface area contributed by atoms with Crippen molar-refractivity contribution in [2.24, 2.45) is 5.92 Å². The Kier molecular flexibility index (Phi) is 7.83. The van der Waals surface area contributed by atoms with Gasteiger partial charge >= 0.3 is 0 Å². The molecule has 7 nitrogen and oxygen atoms in total. The Balaban J connectivity index is 1.36. The molecule has 2 N–H and O–H groups in total. The summed E-state index contributed by atoms with van der Waals surface area (Å²) in [6.45, 7) is 4.04. The summed E-state index contributed by atoms with van der Waals surface area (Å²) in [5.41, 5.74) is 2.04. The van der Waals surface area contributed by atoms with E-state index in [1.54, 1.807) is 4.90 Å². The van der Waals surface area contributed by atoms with Crippen LogP contribution in [0.2, 0.25) is 5.02 Å². The van der Waals surface area contributed by atoms with Gasteiger partial charge in [0.1, 0.15) is 5.82 Å². The van der Waals surface area contributed by atoms with Gasteiger partial charge in [0.2, 0.25) is 11.8 Å². The zero-order valence-electron chi connectivity index (χ0n) is 19.5. The van der Waals surface area contributed by atoms with Gasteiger partial charge in [0.15, 0.2) is 0 Å². The number of likely N-dealkylation sites (tertiary alicyclic amines) is 1. The van der Waals surface area contributed by atoms with Crippen LogP contribution < -0.4 is 10.6 Å². The largest absolute Gasteiger partial charge is 0.348 e. The second-order valence-electron chi connectivity index (χ2n) is 8.92. The Labute approximate surface area is 208 Å². The maximum Gasteiger partial charge on any atom is 0.262 e. The number of carbonyl (C=O) groups excluding carboxylic acids is 3. The second kappa shape index (κ2) is 11.0. The summed E-state index contributed by atoms with van der Waals surface area (Å²) in [7, 11) is 0. The van der Waals surface area contributed by atoms with Crippen molar-refractivity contribution in [3.05, 3.63) is 82.3 Å². The molecule has 4 rings (SSSR count). The third-order valence-corrected chi connectivity index (χ3v) is 6.67. The minimum Gasteiger partial charge on any atom is -0.348 e. The van der Waals surface area contributed by atoms with E-state index in [2.05, 4.69) is 15.5 Å². The molecule has 2 unspecified atom stereocenters. The molecule has 3 amide bonds. The zero-order valence-corrected chi connectivity index (χ0v) is 20.2. The van der Waals surface area contributed by atoms with Crippen LogP contribution in [0.5, 0.6) is 0 Å². The molecule has 35 heavy (non-hydrogen) atoms. The highest BCUT2D eigenvalue weighted by Gasteiger charge is 2.36. The van der Waals surface area contributed by atoms with Crippen LogP contribution in [0.4, 0.5) is 4.39 Å². The smallest absolute Gasteiger partial charge is 0.262 e. The number of carbonyl (C=O) groups is 3. The van der Waals surface area contributed by atoms with Crippen LogP contribution in [0.1, 0.15) is 35.3 Å². The van der Waals surface area contributed by atoms with E-state index in [4.69, 9.17) is 11.6 Å². The first-order chi connectivity index (χ1) is 16.8. The summed E-state index contributed by atoms with van der Waals surface area (Å²) in [6, 6.07) is 13.8. The fourth-order valence-electron chi connectivity index (χ4n) is 4.62. The number of benzene rings is 2. The molecule has 184 valence electrons. The molecular weight excluding hydrogens is 471 g/mol. The van der Waals surface area contributed by atoms with E-state index in [0.717, 1.165) is 24.2 Å². The van der Waals surface area contributed by atoms with Crippen molar-refractivity contribution in [2.75, 3.05) is 32.7 Å². The lowest BCUT2D eigenvalue weighted by Gasteiger charge is -2.24. The van der Waals surface area contributed by atoms with E-state index in [-0.39, 0.29) is 40.9 Å². The second-order valence-corrected chi connectivity index (χ2v) is 9.33. The monoisotopic (exact) mass is 498 g/mol. The Morgan fingerprint density at radius 3 is 2.57 bits per heavy atom. The highest BCUT2D eigenvalue weighted by Crippen LogP contribution is 2.32. The average molecular weight is 499 g/mol. The van der Waals surface area contributed by atoms with Crippen LogP contribution in [-0.4, -0.2) is 60.2 Å². The molecule has 2 aromatic carbocycles. The van der Waals surface area contributed by atoms with Gasteiger partial charge in [0.05, 0.1) is 23.2 Å². The van der Waals surface area contributed by atoms with E-state index in [1.807, 2.05) is 36.5 Å². The quantitative estimate of drug-likeness (QED) is 0.586. The van der Waals surface area contributed by atoms with E-state index in [0.29, 0.717) is 19.5 Å². The van der Waals surface area contributed by atoms with Crippen molar-refractivity contribution in [2.45, 2.75) is 19.4 Å². The van der Waals surface area contributed by atoms with E-state index in [1.165, 1.54) is 25.1 Å². The van der Waals surface area contributed by atoms with Crippen molar-refractivity contribution < 1.29 is 18.8 Å². The average Bonchev–Trinajstić information content (AvgIpc) is 3.40. The molecule has 1 saturated heterocycles. The number of hydrogen-bond donors (Lipinski definition) is 2. The number of rotatable bonds is 8. The summed E-state index contributed by atoms with van der Waals surface area (Å²) in [4.78, 5) is 40.2. The number of fused-ring (bicyclic) bond motifs is 1. The number of amides is 3. The van der Waals surface area contributed by atoms with E-state index < -0.39 is 11.7 Å². The summed E-state index contributed by atoms with van der Waals surface area (Å²) in [6.07, 6.45) is 2.52. The lowest BCUT2D eigenvalue weighted by atomic mass is 10.0. The van der Waals surface area contributed by atoms with Crippen LogP contribution in [-0.2, 0) is 9.59 Å². The van der Waals surface area contributed by atoms with Gasteiger partial charge < -0.3 is 15.5 Å². The fourth-order valence-corrected chi connectivity index (χ4v) is 4.86. The molecule has 0 aliphatic carbocycles. The third-order valence-electron chi connectivity index (χ3n) is 6.35. The maximum atomic E-state index is 14.2. The predicted molar refractivity (Wildman–Crippen MR) is 131 cm³/mol. The molecule has 9 heteroatoms. The maximum absolute atomic E-state index is 14.2. The van der Waals surface area contributed by atoms with Crippen molar-refractivity contribution in [1.82, 2.24) is 20.4 Å². The normalized spacial score (nSPS) is 18.1. The predicted octanol–water partition coefficient (Wildman–Crippen LogP) is 3.13. The van der Waals surface area contributed by atoms with Crippen molar-refractivity contribution in [3.8, 4) is 0 Å². The molecular formula is C26H28ClFN4O3. The lowest BCUT2D eigenvalue weighted by molar-refractivity contribution is -0.125. The number of nitrogens with zero attached hydrogens (tertiary/aromatic N) is 2. The first kappa shape index (κ1) is 24.9. The number of halogens is 2. The first-order valence-corrected chi connectivity index (χ1v) is 12.0. The van der Waals surface area contributed by atoms with Gasteiger partial charge in [0, 0.05) is 45.2 Å². The highest BCUT2D eigenvalue weighted by atomic mass is 35.5. The van der Waals surface area contributed by atoms with Crippen molar-refractivity contribution in [1.29, 1.82) is 0 Å². The Hall–Kier alpha value is -3.23. The van der Waals surface area contributed by atoms with Crippen LogP contribution in [0.25, 0.3) is 0 Å². The fraction of sp³-hybridized carbons (Fsp3) is 0.346. The number of nitrogens with one attached hydrogen (secondary N) is 2. The van der Waals surface area contributed by atoms with Crippen LogP contribution in [0.15, 0.2) is 60.3 Å². The molecule has 2 heterocycles.